The van der Waals surface area contributed by atoms with Gasteiger partial charge in [0.25, 0.3) is 5.91 Å². The summed E-state index contributed by atoms with van der Waals surface area (Å²) in [5.41, 5.74) is 0.589. The molecule has 0 radical (unpaired) electrons. The fourth-order valence-corrected chi connectivity index (χ4v) is 5.87. The molecule has 1 heterocycles. The molecule has 3 aromatic rings. The second-order valence-corrected chi connectivity index (χ2v) is 12.9. The molecule has 1 amide bonds. The second kappa shape index (κ2) is 14.5. The third-order valence-electron chi connectivity index (χ3n) is 5.32. The second-order valence-electron chi connectivity index (χ2n) is 8.87. The average molecular weight is 608 g/mol. The van der Waals surface area contributed by atoms with Crippen molar-refractivity contribution in [1.82, 2.24) is 9.97 Å². The number of ether oxygens (including phenoxy) is 3. The van der Waals surface area contributed by atoms with Gasteiger partial charge in [-0.05, 0) is 57.2 Å². The lowest BCUT2D eigenvalue weighted by Gasteiger charge is -2.17. The number of anilines is 1. The first kappa shape index (κ1) is 32.2. The number of sulfone groups is 1. The molecule has 1 N–H and O–H groups in total. The van der Waals surface area contributed by atoms with Gasteiger partial charge in [0, 0.05) is 25.0 Å². The molecular formula is C27H34N3O9PS. The van der Waals surface area contributed by atoms with Gasteiger partial charge in [-0.1, -0.05) is 0 Å². The van der Waals surface area contributed by atoms with E-state index in [4.69, 9.17) is 23.3 Å². The number of hydrogen-bond donors (Lipinski definition) is 1. The zero-order valence-electron chi connectivity index (χ0n) is 23.5. The molecule has 2 aromatic carbocycles. The van der Waals surface area contributed by atoms with Gasteiger partial charge in [-0.2, -0.15) is 0 Å². The smallest absolute Gasteiger partial charge is 0.336 e. The molecule has 3 rings (SSSR count). The number of aromatic nitrogens is 2. The molecule has 14 heteroatoms. The van der Waals surface area contributed by atoms with Gasteiger partial charge in [-0.15, -0.1) is 0 Å². The number of nitrogens with one attached hydrogen (secondary N) is 1. The highest BCUT2D eigenvalue weighted by molar-refractivity contribution is 7.90. The number of amides is 1. The number of rotatable bonds is 15. The summed E-state index contributed by atoms with van der Waals surface area (Å²) >= 11 is 0. The number of carbonyl (C=O) groups excluding carboxylic acids is 1. The number of nitrogens with zero attached hydrogens (tertiary/aromatic N) is 2. The summed E-state index contributed by atoms with van der Waals surface area (Å²) in [5, 5.41) is 2.67. The number of carbonyl (C=O) groups is 1. The Morgan fingerprint density at radius 2 is 1.63 bits per heavy atom. The van der Waals surface area contributed by atoms with Crippen molar-refractivity contribution < 1.29 is 41.0 Å². The van der Waals surface area contributed by atoms with Crippen LogP contribution in [-0.2, 0) is 34.3 Å². The van der Waals surface area contributed by atoms with Gasteiger partial charge in [0.1, 0.15) is 23.4 Å². The van der Waals surface area contributed by atoms with Gasteiger partial charge in [-0.25, -0.2) is 13.4 Å². The Labute approximate surface area is 239 Å². The standard InChI is InChI=1S/C27H34N3O9PS/c1-6-36-40(32,37-7-2)18-21-15-29-26(16-28-21)30-27(31)20-12-23(38-19(3)17-35-4)14-24(13-20)39-22-8-10-25(11-9-22)41(5,33)34/h8-16,19H,6-7,17-18H2,1-5H3,(H,29,30,31)/t19-/m0/s1. The van der Waals surface area contributed by atoms with Crippen molar-refractivity contribution in [2.24, 2.45) is 0 Å². The molecule has 0 aliphatic rings. The van der Waals surface area contributed by atoms with Gasteiger partial charge in [-0.3, -0.25) is 14.3 Å². The topological polar surface area (TPSA) is 152 Å². The van der Waals surface area contributed by atoms with E-state index in [0.29, 0.717) is 23.8 Å². The van der Waals surface area contributed by atoms with Crippen LogP contribution in [-0.4, -0.2) is 63.6 Å². The summed E-state index contributed by atoms with van der Waals surface area (Å²) in [6, 6.07) is 10.6. The molecule has 222 valence electrons. The lowest BCUT2D eigenvalue weighted by atomic mass is 10.2. The van der Waals surface area contributed by atoms with E-state index in [9.17, 15) is 17.8 Å². The predicted molar refractivity (Wildman–Crippen MR) is 153 cm³/mol. The Morgan fingerprint density at radius 1 is 0.976 bits per heavy atom. The summed E-state index contributed by atoms with van der Waals surface area (Å²) in [6.07, 6.45) is 3.48. The summed E-state index contributed by atoms with van der Waals surface area (Å²) in [4.78, 5) is 21.8. The minimum Gasteiger partial charge on any atom is -0.488 e. The Kier molecular flexibility index (Phi) is 11.4. The zero-order valence-corrected chi connectivity index (χ0v) is 25.2. The van der Waals surface area contributed by atoms with E-state index < -0.39 is 23.3 Å². The van der Waals surface area contributed by atoms with E-state index in [1.54, 1.807) is 33.1 Å². The summed E-state index contributed by atoms with van der Waals surface area (Å²) in [5.74, 6) is 0.661. The van der Waals surface area contributed by atoms with Gasteiger partial charge in [0.15, 0.2) is 15.7 Å². The van der Waals surface area contributed by atoms with Crippen LogP contribution in [0.25, 0.3) is 0 Å². The molecule has 0 spiro atoms. The van der Waals surface area contributed by atoms with Crippen LogP contribution in [0.2, 0.25) is 0 Å². The van der Waals surface area contributed by atoms with Crippen LogP contribution in [0.4, 0.5) is 5.82 Å². The van der Waals surface area contributed by atoms with Crippen molar-refractivity contribution in [2.45, 2.75) is 37.9 Å². The molecule has 0 aliphatic heterocycles. The van der Waals surface area contributed by atoms with Crippen LogP contribution in [0.1, 0.15) is 36.8 Å². The Hall–Kier alpha value is -3.35. The summed E-state index contributed by atoms with van der Waals surface area (Å²) < 4.78 is 63.8. The van der Waals surface area contributed by atoms with Crippen LogP contribution in [0.3, 0.4) is 0 Å². The van der Waals surface area contributed by atoms with Crippen LogP contribution in [0.15, 0.2) is 59.8 Å². The molecule has 0 saturated carbocycles. The minimum atomic E-state index is -3.36. The van der Waals surface area contributed by atoms with Crippen molar-refractivity contribution in [3.63, 3.8) is 0 Å². The largest absolute Gasteiger partial charge is 0.488 e. The van der Waals surface area contributed by atoms with Crippen molar-refractivity contribution in [1.29, 1.82) is 0 Å². The highest BCUT2D eigenvalue weighted by Gasteiger charge is 2.25. The van der Waals surface area contributed by atoms with Crippen LogP contribution >= 0.6 is 7.60 Å². The van der Waals surface area contributed by atoms with Gasteiger partial charge >= 0.3 is 7.60 Å². The number of methoxy groups -OCH3 is 1. The lowest BCUT2D eigenvalue weighted by molar-refractivity contribution is 0.0915. The molecule has 12 nitrogen and oxygen atoms in total. The van der Waals surface area contributed by atoms with E-state index in [1.165, 1.54) is 42.7 Å². The quantitative estimate of drug-likeness (QED) is 0.230. The van der Waals surface area contributed by atoms with Gasteiger partial charge in [0.05, 0.1) is 49.0 Å². The maximum Gasteiger partial charge on any atom is 0.336 e. The summed E-state index contributed by atoms with van der Waals surface area (Å²) in [7, 11) is -5.16. The molecule has 0 bridgehead atoms. The van der Waals surface area contributed by atoms with E-state index >= 15 is 0 Å². The van der Waals surface area contributed by atoms with E-state index in [0.717, 1.165) is 6.26 Å². The van der Waals surface area contributed by atoms with Gasteiger partial charge in [0.2, 0.25) is 0 Å². The predicted octanol–water partition coefficient (Wildman–Crippen LogP) is 5.10. The molecule has 0 saturated heterocycles. The highest BCUT2D eigenvalue weighted by atomic mass is 32.2. The lowest BCUT2D eigenvalue weighted by Crippen LogP contribution is -2.19. The van der Waals surface area contributed by atoms with E-state index in [-0.39, 0.29) is 47.5 Å². The van der Waals surface area contributed by atoms with Crippen LogP contribution in [0, 0.1) is 0 Å². The number of hydrogen-bond acceptors (Lipinski definition) is 11. The maximum atomic E-state index is 13.2. The summed E-state index contributed by atoms with van der Waals surface area (Å²) in [6.45, 7) is 6.03. The van der Waals surface area contributed by atoms with Gasteiger partial charge < -0.3 is 28.6 Å². The van der Waals surface area contributed by atoms with E-state index in [1.807, 2.05) is 6.92 Å². The SMILES string of the molecule is CCOP(=O)(Cc1cnc(NC(=O)c2cc(Oc3ccc(S(C)(=O)=O)cc3)cc(O[C@@H](C)COC)c2)cn1)OCC. The molecular weight excluding hydrogens is 573 g/mol. The first-order valence-corrected chi connectivity index (χ1v) is 16.4. The molecule has 1 atom stereocenters. The highest BCUT2D eigenvalue weighted by Crippen LogP contribution is 2.50. The fourth-order valence-electron chi connectivity index (χ4n) is 3.63. The molecule has 0 aliphatic carbocycles. The molecule has 1 aromatic heterocycles. The van der Waals surface area contributed by atoms with Crippen LogP contribution < -0.4 is 14.8 Å². The zero-order chi connectivity index (χ0) is 30.0. The fraction of sp³-hybridized carbons (Fsp3) is 0.370. The van der Waals surface area contributed by atoms with Crippen LogP contribution in [0.5, 0.6) is 17.2 Å². The van der Waals surface area contributed by atoms with Crippen molar-refractivity contribution in [3.05, 3.63) is 66.1 Å². The number of benzene rings is 2. The normalized spacial score (nSPS) is 12.5. The third-order valence-corrected chi connectivity index (χ3v) is 8.47. The minimum absolute atomic E-state index is 0.0547. The monoisotopic (exact) mass is 607 g/mol. The average Bonchev–Trinajstić information content (AvgIpc) is 2.90. The third kappa shape index (κ3) is 9.91. The molecule has 0 unspecified atom stereocenters. The molecule has 41 heavy (non-hydrogen) atoms. The molecule has 0 fully saturated rings. The Balaban J connectivity index is 1.81. The first-order chi connectivity index (χ1) is 19.4. The first-order valence-electron chi connectivity index (χ1n) is 12.7. The van der Waals surface area contributed by atoms with Crippen molar-refractivity contribution >= 4 is 29.2 Å². The Morgan fingerprint density at radius 3 is 2.20 bits per heavy atom. The van der Waals surface area contributed by atoms with E-state index in [2.05, 4.69) is 15.3 Å². The Bertz CT molecular complexity index is 1460. The maximum absolute atomic E-state index is 13.2. The van der Waals surface area contributed by atoms with Crippen molar-refractivity contribution in [2.75, 3.05) is 38.5 Å². The van der Waals surface area contributed by atoms with Crippen molar-refractivity contribution in [3.8, 4) is 17.2 Å².